The van der Waals surface area contributed by atoms with Crippen molar-refractivity contribution >= 4 is 35.4 Å². The number of hydrogen-bond acceptors (Lipinski definition) is 6. The standard InChI is InChI=1S/C45H77N5O4S/c1-13-31(6)42(49(11)45(54)40(29(2)3)47-44(53)41(30(4)5)48(10)25-26-55-12)37(36-21-17-22-36)28-39(51)50-24-18-23-38(50)33(8)34(9)43(52)46-32(7)27-35-19-15-14-16-20-35/h14-16,19-20,29-34,36-38,40-42H,13,17-18,21-28H2,1-12H3,(H,46,52)(H,47,53)/t31-,32?,33?,34+,37?,38-,40-,41?,42-/m0/s1. The average molecular weight is 784 g/mol. The van der Waals surface area contributed by atoms with Gasteiger partial charge in [0.1, 0.15) is 6.04 Å². The van der Waals surface area contributed by atoms with Gasteiger partial charge in [-0.2, -0.15) is 11.8 Å². The molecule has 3 rings (SSSR count). The van der Waals surface area contributed by atoms with Crippen molar-refractivity contribution in [2.45, 2.75) is 144 Å². The summed E-state index contributed by atoms with van der Waals surface area (Å²) >= 11 is 1.76. The monoisotopic (exact) mass is 784 g/mol. The molecule has 1 saturated heterocycles. The topological polar surface area (TPSA) is 102 Å². The Hall–Kier alpha value is -2.59. The van der Waals surface area contributed by atoms with Crippen LogP contribution in [0.25, 0.3) is 0 Å². The predicted octanol–water partition coefficient (Wildman–Crippen LogP) is 7.14. The molecule has 0 radical (unpaired) electrons. The van der Waals surface area contributed by atoms with Gasteiger partial charge in [-0.15, -0.1) is 0 Å². The molecule has 312 valence electrons. The van der Waals surface area contributed by atoms with E-state index in [9.17, 15) is 19.2 Å². The lowest BCUT2D eigenvalue weighted by Gasteiger charge is -2.46. The second-order valence-corrected chi connectivity index (χ2v) is 18.8. The minimum atomic E-state index is -0.663. The van der Waals surface area contributed by atoms with Gasteiger partial charge in [-0.25, -0.2) is 0 Å². The predicted molar refractivity (Wildman–Crippen MR) is 229 cm³/mol. The first-order valence-electron chi connectivity index (χ1n) is 21.4. The molecule has 9 nitrogen and oxygen atoms in total. The summed E-state index contributed by atoms with van der Waals surface area (Å²) in [5.41, 5.74) is 1.20. The number of carbonyl (C=O) groups is 4. The quantitative estimate of drug-likeness (QED) is 0.130. The van der Waals surface area contributed by atoms with Crippen molar-refractivity contribution in [2.24, 2.45) is 41.4 Å². The summed E-state index contributed by atoms with van der Waals surface area (Å²) in [4.78, 5) is 62.6. The highest BCUT2D eigenvalue weighted by atomic mass is 32.2. The zero-order valence-corrected chi connectivity index (χ0v) is 37.3. The van der Waals surface area contributed by atoms with Gasteiger partial charge >= 0.3 is 0 Å². The van der Waals surface area contributed by atoms with E-state index in [0.717, 1.165) is 57.2 Å². The molecule has 55 heavy (non-hydrogen) atoms. The summed E-state index contributed by atoms with van der Waals surface area (Å²) in [7, 11) is 3.90. The van der Waals surface area contributed by atoms with Crippen molar-refractivity contribution in [1.29, 1.82) is 0 Å². The molecule has 1 aromatic carbocycles. The molecule has 1 saturated carbocycles. The maximum atomic E-state index is 14.6. The van der Waals surface area contributed by atoms with Crippen LogP contribution in [0.15, 0.2) is 30.3 Å². The van der Waals surface area contributed by atoms with Crippen molar-refractivity contribution in [3.8, 4) is 0 Å². The summed E-state index contributed by atoms with van der Waals surface area (Å²) in [5.74, 6) is 1.26. The Morgan fingerprint density at radius 2 is 1.53 bits per heavy atom. The van der Waals surface area contributed by atoms with Crippen LogP contribution >= 0.6 is 11.8 Å². The van der Waals surface area contributed by atoms with Crippen LogP contribution in [-0.2, 0) is 25.6 Å². The minimum Gasteiger partial charge on any atom is -0.353 e. The van der Waals surface area contributed by atoms with E-state index < -0.39 is 6.04 Å². The lowest BCUT2D eigenvalue weighted by atomic mass is 9.68. The number of nitrogens with zero attached hydrogens (tertiary/aromatic N) is 3. The van der Waals surface area contributed by atoms with Crippen LogP contribution in [0, 0.1) is 41.4 Å². The van der Waals surface area contributed by atoms with Gasteiger partial charge in [0, 0.05) is 56.4 Å². The fourth-order valence-corrected chi connectivity index (χ4v) is 9.67. The first-order chi connectivity index (χ1) is 26.0. The highest BCUT2D eigenvalue weighted by molar-refractivity contribution is 7.98. The molecule has 1 aliphatic carbocycles. The van der Waals surface area contributed by atoms with Crippen LogP contribution in [0.2, 0.25) is 0 Å². The number of hydrogen-bond donors (Lipinski definition) is 2. The molecule has 0 aromatic heterocycles. The zero-order chi connectivity index (χ0) is 41.0. The number of benzene rings is 1. The van der Waals surface area contributed by atoms with E-state index in [1.54, 1.807) is 11.8 Å². The van der Waals surface area contributed by atoms with E-state index in [1.165, 1.54) is 5.56 Å². The number of likely N-dealkylation sites (tertiary alicyclic amines) is 1. The molecular weight excluding hydrogens is 707 g/mol. The summed E-state index contributed by atoms with van der Waals surface area (Å²) in [5, 5.41) is 6.44. The second-order valence-electron chi connectivity index (χ2n) is 17.8. The van der Waals surface area contributed by atoms with Gasteiger partial charge in [-0.05, 0) is 80.6 Å². The fraction of sp³-hybridized carbons (Fsp3) is 0.778. The maximum Gasteiger partial charge on any atom is 0.245 e. The van der Waals surface area contributed by atoms with E-state index in [0.29, 0.717) is 18.9 Å². The van der Waals surface area contributed by atoms with E-state index in [4.69, 9.17) is 0 Å². The SMILES string of the molecule is CC[C@H](C)[C@@H](C(CC(=O)N1CCC[C@H]1C(C)[C@@H](C)C(=O)NC(C)Cc1ccccc1)C1CCC1)N(C)C(=O)[C@@H](NC(=O)C(C(C)C)N(C)CCSC)C(C)C. The van der Waals surface area contributed by atoms with Crippen LogP contribution in [0.5, 0.6) is 0 Å². The van der Waals surface area contributed by atoms with Crippen molar-refractivity contribution in [2.75, 3.05) is 39.2 Å². The largest absolute Gasteiger partial charge is 0.353 e. The Labute approximate surface area is 339 Å². The number of likely N-dealkylation sites (N-methyl/N-ethyl adjacent to an activating group) is 2. The highest BCUT2D eigenvalue weighted by Gasteiger charge is 2.45. The van der Waals surface area contributed by atoms with Crippen LogP contribution in [0.1, 0.15) is 113 Å². The second kappa shape index (κ2) is 22.4. The van der Waals surface area contributed by atoms with Gasteiger partial charge in [0.05, 0.1) is 6.04 Å². The molecular formula is C45H77N5O4S. The molecule has 9 atom stereocenters. The number of carbonyl (C=O) groups excluding carboxylic acids is 4. The Morgan fingerprint density at radius 1 is 0.873 bits per heavy atom. The number of nitrogens with one attached hydrogen (secondary N) is 2. The van der Waals surface area contributed by atoms with Gasteiger partial charge < -0.3 is 20.4 Å². The van der Waals surface area contributed by atoms with Gasteiger partial charge in [0.25, 0.3) is 0 Å². The van der Waals surface area contributed by atoms with Crippen molar-refractivity contribution in [3.05, 3.63) is 35.9 Å². The van der Waals surface area contributed by atoms with Crippen LogP contribution < -0.4 is 10.6 Å². The summed E-state index contributed by atoms with van der Waals surface area (Å²) < 4.78 is 0. The molecule has 10 heteroatoms. The first-order valence-corrected chi connectivity index (χ1v) is 22.8. The third-order valence-corrected chi connectivity index (χ3v) is 13.7. The third-order valence-electron chi connectivity index (χ3n) is 13.1. The van der Waals surface area contributed by atoms with E-state index in [-0.39, 0.29) is 83.3 Å². The lowest BCUT2D eigenvalue weighted by Crippen LogP contribution is -2.59. The highest BCUT2D eigenvalue weighted by Crippen LogP contribution is 2.42. The summed E-state index contributed by atoms with van der Waals surface area (Å²) in [6.07, 6.45) is 9.21. The number of amides is 4. The number of thioether (sulfide) groups is 1. The fourth-order valence-electron chi connectivity index (χ4n) is 9.20. The Balaban J connectivity index is 1.79. The van der Waals surface area contributed by atoms with E-state index in [2.05, 4.69) is 80.4 Å². The van der Waals surface area contributed by atoms with Gasteiger partial charge in [0.15, 0.2) is 0 Å². The lowest BCUT2D eigenvalue weighted by molar-refractivity contribution is -0.145. The summed E-state index contributed by atoms with van der Waals surface area (Å²) in [6.45, 7) is 20.2. The Morgan fingerprint density at radius 3 is 2.07 bits per heavy atom. The van der Waals surface area contributed by atoms with Gasteiger partial charge in [-0.3, -0.25) is 24.1 Å². The van der Waals surface area contributed by atoms with Crippen LogP contribution in [0.3, 0.4) is 0 Å². The molecule has 0 spiro atoms. The third kappa shape index (κ3) is 12.7. The summed E-state index contributed by atoms with van der Waals surface area (Å²) in [6, 6.07) is 9.11. The van der Waals surface area contributed by atoms with Crippen LogP contribution in [-0.4, -0.2) is 108 Å². The molecule has 1 aromatic rings. The normalized spacial score (nSPS) is 20.6. The van der Waals surface area contributed by atoms with Gasteiger partial charge in [0.2, 0.25) is 23.6 Å². The van der Waals surface area contributed by atoms with Gasteiger partial charge in [-0.1, -0.05) is 111 Å². The van der Waals surface area contributed by atoms with Crippen LogP contribution in [0.4, 0.5) is 0 Å². The molecule has 2 aliphatic rings. The molecule has 4 unspecified atom stereocenters. The Kier molecular flexibility index (Phi) is 19.0. The molecule has 2 fully saturated rings. The van der Waals surface area contributed by atoms with Crippen molar-refractivity contribution in [3.63, 3.8) is 0 Å². The van der Waals surface area contributed by atoms with E-state index >= 15 is 0 Å². The first kappa shape index (κ1) is 46.8. The average Bonchev–Trinajstić information content (AvgIpc) is 3.61. The minimum absolute atomic E-state index is 0.00428. The van der Waals surface area contributed by atoms with E-state index in [1.807, 2.05) is 58.0 Å². The maximum absolute atomic E-state index is 14.6. The number of rotatable bonds is 22. The smallest absolute Gasteiger partial charge is 0.245 e. The zero-order valence-electron chi connectivity index (χ0n) is 36.5. The molecule has 1 aliphatic heterocycles. The molecule has 0 bridgehead atoms. The van der Waals surface area contributed by atoms with Crippen molar-refractivity contribution < 1.29 is 19.2 Å². The molecule has 1 heterocycles. The molecule has 4 amide bonds. The Bertz CT molecular complexity index is 1360. The van der Waals surface area contributed by atoms with Crippen molar-refractivity contribution in [1.82, 2.24) is 25.3 Å². The molecule has 2 N–H and O–H groups in total.